The molecule has 1 saturated carbocycles. The van der Waals surface area contributed by atoms with Crippen LogP contribution in [0, 0.1) is 0 Å². The minimum absolute atomic E-state index is 0.0578. The second-order valence-electron chi connectivity index (χ2n) is 8.43. The third-order valence-electron chi connectivity index (χ3n) is 6.00. The summed E-state index contributed by atoms with van der Waals surface area (Å²) in [6.07, 6.45) is 6.74. The lowest BCUT2D eigenvalue weighted by Crippen LogP contribution is -2.21. The smallest absolute Gasteiger partial charge is 0.233 e. The van der Waals surface area contributed by atoms with Gasteiger partial charge in [-0.2, -0.15) is 5.10 Å². The molecule has 0 aromatic carbocycles. The average molecular weight is 475 g/mol. The summed E-state index contributed by atoms with van der Waals surface area (Å²) in [6, 6.07) is 11.7. The lowest BCUT2D eigenvalue weighted by atomic mass is 10.0. The van der Waals surface area contributed by atoms with Crippen molar-refractivity contribution >= 4 is 17.7 Å². The molecule has 2 fully saturated rings. The minimum Gasteiger partial charge on any atom is -0.400 e. The number of amides is 1. The maximum atomic E-state index is 12.3. The van der Waals surface area contributed by atoms with Gasteiger partial charge in [-0.3, -0.25) is 9.48 Å². The third kappa shape index (κ3) is 4.76. The zero-order valence-corrected chi connectivity index (χ0v) is 19.5. The van der Waals surface area contributed by atoms with Crippen LogP contribution in [0.3, 0.4) is 0 Å². The number of likely N-dealkylation sites (tertiary alicyclic amines) is 1. The Bertz CT molecular complexity index is 1330. The van der Waals surface area contributed by atoms with Crippen molar-refractivity contribution in [3.05, 3.63) is 54.6 Å². The molecule has 2 N–H and O–H groups in total. The molecular weight excluding hydrogens is 448 g/mol. The normalized spacial score (nSPS) is 17.3. The van der Waals surface area contributed by atoms with Gasteiger partial charge in [0.1, 0.15) is 17.4 Å². The Labute approximate surface area is 201 Å². The highest BCUT2D eigenvalue weighted by Gasteiger charge is 2.33. The number of nitrogens with zero attached hydrogens (tertiary/aromatic N) is 7. The lowest BCUT2D eigenvalue weighted by Gasteiger charge is -2.07. The van der Waals surface area contributed by atoms with Gasteiger partial charge in [-0.1, -0.05) is 11.2 Å². The number of hydrogen-bond acceptors (Lipinski definition) is 9. The van der Waals surface area contributed by atoms with E-state index in [1.807, 2.05) is 35.1 Å². The van der Waals surface area contributed by atoms with E-state index in [0.717, 1.165) is 20.1 Å². The summed E-state index contributed by atoms with van der Waals surface area (Å²) < 4.78 is 7.47. The first kappa shape index (κ1) is 22.7. The van der Waals surface area contributed by atoms with E-state index in [4.69, 9.17) is 14.6 Å². The quantitative estimate of drug-likeness (QED) is 0.432. The maximum Gasteiger partial charge on any atom is 0.233 e. The minimum atomic E-state index is -0.279. The van der Waals surface area contributed by atoms with Crippen LogP contribution in [0.4, 0.5) is 11.8 Å². The van der Waals surface area contributed by atoms with Gasteiger partial charge in [0.15, 0.2) is 5.82 Å². The highest BCUT2D eigenvalue weighted by atomic mass is 16.5. The Kier molecular flexibility index (Phi) is 6.23. The van der Waals surface area contributed by atoms with Crippen molar-refractivity contribution in [1.82, 2.24) is 34.8 Å². The van der Waals surface area contributed by atoms with Gasteiger partial charge in [-0.15, -0.1) is 0 Å². The van der Waals surface area contributed by atoms with E-state index in [-0.39, 0.29) is 11.8 Å². The number of pyridine rings is 1. The Morgan fingerprint density at radius 2 is 1.80 bits per heavy atom. The first-order chi connectivity index (χ1) is 17.1. The molecular formula is C24H26N8O3. The largest absolute Gasteiger partial charge is 0.400 e. The fraction of sp³-hybridized carbons (Fsp3) is 0.333. The molecule has 4 aromatic rings. The van der Waals surface area contributed by atoms with Gasteiger partial charge in [0.05, 0.1) is 23.1 Å². The molecule has 1 amide bonds. The number of likely N-dealkylation sites (N-methyl/N-ethyl adjacent to an activating group) is 1. The zero-order chi connectivity index (χ0) is 24.4. The number of carbonyl (C=O) groups is 1. The molecule has 2 aliphatic rings. The fourth-order valence-corrected chi connectivity index (χ4v) is 4.00. The summed E-state index contributed by atoms with van der Waals surface area (Å²) in [5, 5.41) is 18.8. The molecule has 1 aliphatic heterocycles. The van der Waals surface area contributed by atoms with Gasteiger partial charge in [0, 0.05) is 45.2 Å². The topological polar surface area (TPSA) is 135 Å². The lowest BCUT2D eigenvalue weighted by molar-refractivity contribution is -0.128. The molecule has 4 aromatic heterocycles. The molecule has 1 atom stereocenters. The summed E-state index contributed by atoms with van der Waals surface area (Å²) in [5.41, 5.74) is 2.60. The predicted molar refractivity (Wildman–Crippen MR) is 128 cm³/mol. The highest BCUT2D eigenvalue weighted by molar-refractivity contribution is 5.85. The molecule has 11 nitrogen and oxygen atoms in total. The van der Waals surface area contributed by atoms with Crippen LogP contribution >= 0.6 is 0 Å². The van der Waals surface area contributed by atoms with Crippen LogP contribution in [0.15, 0.2) is 53.3 Å². The van der Waals surface area contributed by atoms with E-state index < -0.39 is 0 Å². The number of aliphatic hydroxyl groups is 1. The monoisotopic (exact) mass is 474 g/mol. The number of aliphatic hydroxyl groups excluding tert-OH is 1. The van der Waals surface area contributed by atoms with E-state index in [9.17, 15) is 4.79 Å². The Balaban J connectivity index is 0.00000124. The second kappa shape index (κ2) is 9.63. The van der Waals surface area contributed by atoms with Crippen LogP contribution < -0.4 is 5.32 Å². The van der Waals surface area contributed by atoms with Crippen molar-refractivity contribution in [2.24, 2.45) is 0 Å². The van der Waals surface area contributed by atoms with Crippen molar-refractivity contribution in [3.8, 4) is 22.8 Å². The van der Waals surface area contributed by atoms with Gasteiger partial charge < -0.3 is 19.8 Å². The van der Waals surface area contributed by atoms with E-state index in [1.54, 1.807) is 30.3 Å². The molecule has 1 unspecified atom stereocenters. The summed E-state index contributed by atoms with van der Waals surface area (Å²) in [6.45, 7) is 0.720. The second-order valence-corrected chi connectivity index (χ2v) is 8.43. The standard InChI is InChI=1S/C23H22N8O2.CH4O/c1-30-11-8-15(22(30)32)20-13-19(29-33-20)17-4-2-3-16(25-17)18-7-10-24-23(26-18)27-21-9-12-31(28-21)14-5-6-14;1-2/h2-4,7,9-10,12-15H,5-6,8,11H2,1H3,(H,24,26,27,28);2H,1H3. The van der Waals surface area contributed by atoms with E-state index in [1.165, 1.54) is 12.8 Å². The number of hydrogen-bond donors (Lipinski definition) is 2. The van der Waals surface area contributed by atoms with Gasteiger partial charge in [0.2, 0.25) is 11.9 Å². The van der Waals surface area contributed by atoms with Crippen LogP contribution in [-0.4, -0.2) is 66.5 Å². The van der Waals surface area contributed by atoms with Crippen molar-refractivity contribution in [2.75, 3.05) is 26.0 Å². The van der Waals surface area contributed by atoms with Crippen molar-refractivity contribution in [1.29, 1.82) is 0 Å². The van der Waals surface area contributed by atoms with E-state index in [0.29, 0.717) is 46.3 Å². The SMILES string of the molecule is CN1CCC(c2cc(-c3cccc(-c4ccnc(Nc5ccn(C6CC6)n5)n4)n3)no2)C1=O.CO. The molecule has 0 bridgehead atoms. The Morgan fingerprint density at radius 3 is 2.54 bits per heavy atom. The first-order valence-corrected chi connectivity index (χ1v) is 11.4. The molecule has 5 heterocycles. The van der Waals surface area contributed by atoms with Crippen molar-refractivity contribution in [3.63, 3.8) is 0 Å². The van der Waals surface area contributed by atoms with Crippen LogP contribution in [-0.2, 0) is 4.79 Å². The number of rotatable bonds is 6. The predicted octanol–water partition coefficient (Wildman–Crippen LogP) is 3.02. The van der Waals surface area contributed by atoms with Crippen molar-refractivity contribution in [2.45, 2.75) is 31.2 Å². The fourth-order valence-electron chi connectivity index (χ4n) is 4.00. The molecule has 0 radical (unpaired) electrons. The maximum absolute atomic E-state index is 12.3. The van der Waals surface area contributed by atoms with E-state index >= 15 is 0 Å². The first-order valence-electron chi connectivity index (χ1n) is 11.4. The number of nitrogens with one attached hydrogen (secondary N) is 1. The molecule has 1 saturated heterocycles. The molecule has 180 valence electrons. The van der Waals surface area contributed by atoms with Crippen LogP contribution in [0.5, 0.6) is 0 Å². The van der Waals surface area contributed by atoms with Gasteiger partial charge in [-0.25, -0.2) is 15.0 Å². The average Bonchev–Trinajstić information content (AvgIpc) is 3.28. The summed E-state index contributed by atoms with van der Waals surface area (Å²) in [4.78, 5) is 27.6. The molecule has 6 rings (SSSR count). The number of carbonyl (C=O) groups excluding carboxylic acids is 1. The highest BCUT2D eigenvalue weighted by Crippen LogP contribution is 2.34. The Morgan fingerprint density at radius 1 is 1.03 bits per heavy atom. The van der Waals surface area contributed by atoms with Gasteiger partial charge >= 0.3 is 0 Å². The summed E-state index contributed by atoms with van der Waals surface area (Å²) >= 11 is 0. The van der Waals surface area contributed by atoms with Crippen LogP contribution in [0.25, 0.3) is 22.8 Å². The molecule has 0 spiro atoms. The van der Waals surface area contributed by atoms with Crippen molar-refractivity contribution < 1.29 is 14.4 Å². The number of anilines is 2. The van der Waals surface area contributed by atoms with Crippen LogP contribution in [0.2, 0.25) is 0 Å². The van der Waals surface area contributed by atoms with E-state index in [2.05, 4.69) is 25.5 Å². The molecule has 1 aliphatic carbocycles. The third-order valence-corrected chi connectivity index (χ3v) is 6.00. The van der Waals surface area contributed by atoms with Gasteiger partial charge in [-0.05, 0) is 37.5 Å². The van der Waals surface area contributed by atoms with Crippen LogP contribution in [0.1, 0.15) is 37.0 Å². The Hall–Kier alpha value is -4.12. The molecule has 35 heavy (non-hydrogen) atoms. The number of aromatic nitrogens is 6. The summed E-state index contributed by atoms with van der Waals surface area (Å²) in [5.74, 6) is 1.52. The summed E-state index contributed by atoms with van der Waals surface area (Å²) in [7, 11) is 2.80. The van der Waals surface area contributed by atoms with Gasteiger partial charge in [0.25, 0.3) is 0 Å². The molecule has 11 heteroatoms. The zero-order valence-electron chi connectivity index (χ0n) is 19.5.